The Morgan fingerprint density at radius 3 is 3.00 bits per heavy atom. The van der Waals surface area contributed by atoms with Crippen LogP contribution in [0.2, 0.25) is 0 Å². The smallest absolute Gasteiger partial charge is 0.143 e. The Bertz CT molecular complexity index is 293. The van der Waals surface area contributed by atoms with E-state index in [1.165, 1.54) is 6.42 Å². The number of nitrogens with zero attached hydrogens (tertiary/aromatic N) is 2. The summed E-state index contributed by atoms with van der Waals surface area (Å²) in [6.45, 7) is 2.18. The summed E-state index contributed by atoms with van der Waals surface area (Å²) in [5.74, 6) is 3.78. The lowest BCUT2D eigenvalue weighted by Crippen LogP contribution is -1.99. The zero-order valence-electron chi connectivity index (χ0n) is 8.38. The molecule has 0 saturated carbocycles. The predicted molar refractivity (Wildman–Crippen MR) is 65.7 cm³/mol. The van der Waals surface area contributed by atoms with E-state index in [1.807, 2.05) is 18.8 Å². The van der Waals surface area contributed by atoms with Crippen LogP contribution in [0.25, 0.3) is 0 Å². The summed E-state index contributed by atoms with van der Waals surface area (Å²) in [7, 11) is 1.86. The van der Waals surface area contributed by atoms with Crippen molar-refractivity contribution in [3.8, 4) is 0 Å². The molecule has 0 aromatic carbocycles. The van der Waals surface area contributed by atoms with Gasteiger partial charge in [-0.1, -0.05) is 6.92 Å². The van der Waals surface area contributed by atoms with Crippen LogP contribution in [0.4, 0.5) is 5.82 Å². The Hall–Kier alpha value is -0.290. The van der Waals surface area contributed by atoms with Gasteiger partial charge in [-0.2, -0.15) is 11.8 Å². The van der Waals surface area contributed by atoms with E-state index in [1.54, 1.807) is 6.20 Å². The molecule has 1 heterocycles. The minimum atomic E-state index is 0.854. The van der Waals surface area contributed by atoms with Gasteiger partial charge in [0.1, 0.15) is 11.6 Å². The van der Waals surface area contributed by atoms with Gasteiger partial charge in [-0.3, -0.25) is 0 Å². The van der Waals surface area contributed by atoms with E-state index in [2.05, 4.69) is 38.1 Å². The van der Waals surface area contributed by atoms with Gasteiger partial charge >= 0.3 is 0 Å². The molecule has 0 atom stereocenters. The topological polar surface area (TPSA) is 37.8 Å². The third-order valence-corrected chi connectivity index (χ3v) is 3.35. The van der Waals surface area contributed by atoms with Gasteiger partial charge in [0, 0.05) is 13.2 Å². The summed E-state index contributed by atoms with van der Waals surface area (Å²) in [4.78, 5) is 8.61. The summed E-state index contributed by atoms with van der Waals surface area (Å²) in [6, 6.07) is 0. The Morgan fingerprint density at radius 1 is 1.57 bits per heavy atom. The van der Waals surface area contributed by atoms with Crippen LogP contribution in [0.5, 0.6) is 0 Å². The molecule has 0 saturated heterocycles. The summed E-state index contributed by atoms with van der Waals surface area (Å²) in [5, 5.41) is 3.02. The lowest BCUT2D eigenvalue weighted by Gasteiger charge is -2.04. The maximum absolute atomic E-state index is 4.37. The van der Waals surface area contributed by atoms with Gasteiger partial charge in [-0.25, -0.2) is 9.97 Å². The van der Waals surface area contributed by atoms with E-state index in [4.69, 9.17) is 0 Å². The average molecular weight is 276 g/mol. The molecule has 3 nitrogen and oxygen atoms in total. The van der Waals surface area contributed by atoms with E-state index in [0.717, 1.165) is 27.6 Å². The Labute approximate surface area is 97.2 Å². The van der Waals surface area contributed by atoms with Crippen LogP contribution in [-0.4, -0.2) is 22.8 Å². The van der Waals surface area contributed by atoms with E-state index < -0.39 is 0 Å². The van der Waals surface area contributed by atoms with Crippen LogP contribution in [0.3, 0.4) is 0 Å². The van der Waals surface area contributed by atoms with Crippen molar-refractivity contribution in [3.05, 3.63) is 16.5 Å². The zero-order chi connectivity index (χ0) is 10.4. The molecule has 0 spiro atoms. The molecule has 0 aliphatic carbocycles. The maximum atomic E-state index is 4.37. The fourth-order valence-corrected chi connectivity index (χ4v) is 2.10. The average Bonchev–Trinajstić information content (AvgIpc) is 2.21. The highest BCUT2D eigenvalue weighted by Gasteiger charge is 2.02. The van der Waals surface area contributed by atoms with Gasteiger partial charge in [-0.15, -0.1) is 0 Å². The van der Waals surface area contributed by atoms with Crippen LogP contribution in [0.1, 0.15) is 19.2 Å². The second-order valence-corrected chi connectivity index (χ2v) is 4.74. The van der Waals surface area contributed by atoms with Gasteiger partial charge < -0.3 is 5.32 Å². The monoisotopic (exact) mass is 275 g/mol. The van der Waals surface area contributed by atoms with Crippen molar-refractivity contribution in [2.75, 3.05) is 18.1 Å². The van der Waals surface area contributed by atoms with E-state index in [0.29, 0.717) is 0 Å². The number of nitrogens with one attached hydrogen (secondary N) is 1. The molecule has 0 aliphatic heterocycles. The van der Waals surface area contributed by atoms with Crippen molar-refractivity contribution in [2.24, 2.45) is 0 Å². The SMILES string of the molecule is CCCSCc1ncc(Br)c(NC)n1. The summed E-state index contributed by atoms with van der Waals surface area (Å²) in [6.07, 6.45) is 2.99. The van der Waals surface area contributed by atoms with Gasteiger partial charge in [-0.05, 0) is 28.1 Å². The third-order valence-electron chi connectivity index (χ3n) is 1.61. The highest BCUT2D eigenvalue weighted by atomic mass is 79.9. The molecule has 14 heavy (non-hydrogen) atoms. The first-order chi connectivity index (χ1) is 6.77. The molecule has 5 heteroatoms. The third kappa shape index (κ3) is 3.46. The zero-order valence-corrected chi connectivity index (χ0v) is 10.8. The molecule has 0 bridgehead atoms. The van der Waals surface area contributed by atoms with Crippen molar-refractivity contribution in [3.63, 3.8) is 0 Å². The fraction of sp³-hybridized carbons (Fsp3) is 0.556. The number of halogens is 1. The first-order valence-electron chi connectivity index (χ1n) is 4.54. The molecule has 1 aromatic heterocycles. The molecule has 0 radical (unpaired) electrons. The predicted octanol–water partition coefficient (Wildman–Crippen LogP) is 2.92. The van der Waals surface area contributed by atoms with E-state index >= 15 is 0 Å². The number of hydrogen-bond acceptors (Lipinski definition) is 4. The lowest BCUT2D eigenvalue weighted by molar-refractivity contribution is 1.02. The minimum Gasteiger partial charge on any atom is -0.372 e. The first-order valence-corrected chi connectivity index (χ1v) is 6.49. The normalized spacial score (nSPS) is 10.2. The van der Waals surface area contributed by atoms with Crippen LogP contribution in [-0.2, 0) is 5.75 Å². The largest absolute Gasteiger partial charge is 0.372 e. The number of rotatable bonds is 5. The van der Waals surface area contributed by atoms with Gasteiger partial charge in [0.05, 0.1) is 10.2 Å². The maximum Gasteiger partial charge on any atom is 0.143 e. The fourth-order valence-electron chi connectivity index (χ4n) is 0.956. The molecule has 0 aliphatic rings. The van der Waals surface area contributed by atoms with Gasteiger partial charge in [0.2, 0.25) is 0 Å². The Kier molecular flexibility index (Phi) is 5.25. The van der Waals surface area contributed by atoms with Gasteiger partial charge in [0.25, 0.3) is 0 Å². The quantitative estimate of drug-likeness (QED) is 0.839. The van der Waals surface area contributed by atoms with Crippen LogP contribution >= 0.6 is 27.7 Å². The van der Waals surface area contributed by atoms with E-state index in [-0.39, 0.29) is 0 Å². The molecular formula is C9H14BrN3S. The van der Waals surface area contributed by atoms with Crippen LogP contribution in [0, 0.1) is 0 Å². The molecular weight excluding hydrogens is 262 g/mol. The minimum absolute atomic E-state index is 0.854. The first kappa shape index (κ1) is 11.8. The summed E-state index contributed by atoms with van der Waals surface area (Å²) >= 11 is 5.24. The number of hydrogen-bond donors (Lipinski definition) is 1. The summed E-state index contributed by atoms with van der Waals surface area (Å²) in [5.41, 5.74) is 0. The highest BCUT2D eigenvalue weighted by Crippen LogP contribution is 2.19. The molecule has 0 fully saturated rings. The van der Waals surface area contributed by atoms with E-state index in [9.17, 15) is 0 Å². The molecule has 1 N–H and O–H groups in total. The van der Waals surface area contributed by atoms with Crippen molar-refractivity contribution < 1.29 is 0 Å². The number of aromatic nitrogens is 2. The standard InChI is InChI=1S/C9H14BrN3S/c1-3-4-14-6-8-12-5-7(10)9(11-2)13-8/h5H,3-4,6H2,1-2H3,(H,11,12,13). The van der Waals surface area contributed by atoms with Crippen molar-refractivity contribution in [1.29, 1.82) is 0 Å². The second kappa shape index (κ2) is 6.24. The van der Waals surface area contributed by atoms with Crippen molar-refractivity contribution >= 4 is 33.5 Å². The second-order valence-electron chi connectivity index (χ2n) is 2.79. The van der Waals surface area contributed by atoms with Gasteiger partial charge in [0.15, 0.2) is 0 Å². The Balaban J connectivity index is 2.60. The number of anilines is 1. The Morgan fingerprint density at radius 2 is 2.36 bits per heavy atom. The number of thioether (sulfide) groups is 1. The van der Waals surface area contributed by atoms with Crippen LogP contribution in [0.15, 0.2) is 10.7 Å². The lowest BCUT2D eigenvalue weighted by atomic mass is 10.5. The summed E-state index contributed by atoms with van der Waals surface area (Å²) < 4.78 is 0.907. The molecule has 0 unspecified atom stereocenters. The molecule has 1 aromatic rings. The molecule has 1 rings (SSSR count). The van der Waals surface area contributed by atoms with Crippen LogP contribution < -0.4 is 5.32 Å². The highest BCUT2D eigenvalue weighted by molar-refractivity contribution is 9.10. The van der Waals surface area contributed by atoms with Crippen molar-refractivity contribution in [2.45, 2.75) is 19.1 Å². The molecule has 78 valence electrons. The van der Waals surface area contributed by atoms with Crippen molar-refractivity contribution in [1.82, 2.24) is 9.97 Å². The molecule has 0 amide bonds.